The minimum Gasteiger partial charge on any atom is -0.374 e. The summed E-state index contributed by atoms with van der Waals surface area (Å²) in [7, 11) is 0. The Morgan fingerprint density at radius 2 is 2.08 bits per heavy atom. The van der Waals surface area contributed by atoms with Crippen molar-refractivity contribution < 1.29 is 4.74 Å². The lowest BCUT2D eigenvalue weighted by molar-refractivity contribution is -0.0324. The van der Waals surface area contributed by atoms with Crippen molar-refractivity contribution in [2.45, 2.75) is 64.2 Å². The van der Waals surface area contributed by atoms with E-state index in [1.54, 1.807) is 0 Å². The number of ether oxygens (including phenoxy) is 1. The van der Waals surface area contributed by atoms with Gasteiger partial charge in [0.15, 0.2) is 0 Å². The van der Waals surface area contributed by atoms with Crippen LogP contribution in [0.3, 0.4) is 0 Å². The first-order valence-electron chi connectivity index (χ1n) is 5.15. The van der Waals surface area contributed by atoms with Gasteiger partial charge in [-0.15, -0.1) is 0 Å². The van der Waals surface area contributed by atoms with Crippen LogP contribution in [0.2, 0.25) is 0 Å². The molecule has 2 nitrogen and oxygen atoms in total. The second kappa shape index (κ2) is 4.83. The van der Waals surface area contributed by atoms with Gasteiger partial charge in [0.25, 0.3) is 0 Å². The molecule has 0 aromatic heterocycles. The maximum absolute atomic E-state index is 5.96. The average molecular weight is 171 g/mol. The Balaban J connectivity index is 2.28. The molecular weight excluding hydrogens is 150 g/mol. The highest BCUT2D eigenvalue weighted by Crippen LogP contribution is 2.21. The Bertz CT molecular complexity index is 127. The highest BCUT2D eigenvalue weighted by Gasteiger charge is 2.23. The Morgan fingerprint density at radius 3 is 2.67 bits per heavy atom. The predicted octanol–water partition coefficient (Wildman–Crippen LogP) is 2.07. The molecule has 3 atom stereocenters. The molecule has 1 aliphatic rings. The lowest BCUT2D eigenvalue weighted by Crippen LogP contribution is -2.40. The normalized spacial score (nSPS) is 33.2. The summed E-state index contributed by atoms with van der Waals surface area (Å²) in [5.74, 6) is 0. The Kier molecular flexibility index (Phi) is 4.02. The van der Waals surface area contributed by atoms with E-state index in [1.165, 1.54) is 12.8 Å². The molecule has 1 saturated carbocycles. The van der Waals surface area contributed by atoms with Gasteiger partial charge in [0.2, 0.25) is 0 Å². The molecule has 0 aromatic rings. The highest BCUT2D eigenvalue weighted by atomic mass is 16.5. The van der Waals surface area contributed by atoms with Gasteiger partial charge in [-0.05, 0) is 26.2 Å². The first-order chi connectivity index (χ1) is 5.74. The van der Waals surface area contributed by atoms with Gasteiger partial charge in [-0.1, -0.05) is 19.8 Å². The predicted molar refractivity (Wildman–Crippen MR) is 51.1 cm³/mol. The number of hydrogen-bond acceptors (Lipinski definition) is 2. The van der Waals surface area contributed by atoms with Gasteiger partial charge in [-0.25, -0.2) is 0 Å². The maximum atomic E-state index is 5.96. The number of rotatable bonds is 3. The molecule has 0 aromatic carbocycles. The van der Waals surface area contributed by atoms with Gasteiger partial charge < -0.3 is 10.5 Å². The zero-order chi connectivity index (χ0) is 8.97. The third-order valence-electron chi connectivity index (χ3n) is 2.74. The number of nitrogens with two attached hydrogens (primary N) is 1. The second-order valence-corrected chi connectivity index (χ2v) is 3.84. The molecule has 2 N–H and O–H groups in total. The van der Waals surface area contributed by atoms with Crippen LogP contribution in [0, 0.1) is 0 Å². The first-order valence-corrected chi connectivity index (χ1v) is 5.15. The van der Waals surface area contributed by atoms with Gasteiger partial charge in [0.1, 0.15) is 0 Å². The fraction of sp³-hybridized carbons (Fsp3) is 1.00. The van der Waals surface area contributed by atoms with Gasteiger partial charge in [-0.2, -0.15) is 0 Å². The summed E-state index contributed by atoms with van der Waals surface area (Å²) < 4.78 is 5.83. The summed E-state index contributed by atoms with van der Waals surface area (Å²) in [6.45, 7) is 4.28. The van der Waals surface area contributed by atoms with Crippen molar-refractivity contribution in [3.8, 4) is 0 Å². The molecule has 0 heterocycles. The molecule has 0 bridgehead atoms. The van der Waals surface area contributed by atoms with Gasteiger partial charge in [0.05, 0.1) is 12.2 Å². The van der Waals surface area contributed by atoms with Gasteiger partial charge >= 0.3 is 0 Å². The SMILES string of the molecule is CCC(C)OC1CCCCC1N. The molecular formula is C10H21NO. The molecule has 1 aliphatic carbocycles. The van der Waals surface area contributed by atoms with Crippen LogP contribution in [0.15, 0.2) is 0 Å². The second-order valence-electron chi connectivity index (χ2n) is 3.84. The smallest absolute Gasteiger partial charge is 0.0729 e. The van der Waals surface area contributed by atoms with Crippen molar-refractivity contribution in [3.63, 3.8) is 0 Å². The van der Waals surface area contributed by atoms with Crippen LogP contribution in [-0.2, 0) is 4.74 Å². The molecule has 12 heavy (non-hydrogen) atoms. The van der Waals surface area contributed by atoms with Crippen LogP contribution in [0.5, 0.6) is 0 Å². The van der Waals surface area contributed by atoms with E-state index in [-0.39, 0.29) is 6.04 Å². The van der Waals surface area contributed by atoms with Crippen molar-refractivity contribution in [3.05, 3.63) is 0 Å². The minimum absolute atomic E-state index is 0.285. The topological polar surface area (TPSA) is 35.2 Å². The lowest BCUT2D eigenvalue weighted by Gasteiger charge is -2.30. The largest absolute Gasteiger partial charge is 0.374 e. The van der Waals surface area contributed by atoms with Crippen LogP contribution in [0.4, 0.5) is 0 Å². The van der Waals surface area contributed by atoms with Crippen molar-refractivity contribution in [1.82, 2.24) is 0 Å². The number of hydrogen-bond donors (Lipinski definition) is 1. The Hall–Kier alpha value is -0.0800. The van der Waals surface area contributed by atoms with E-state index < -0.39 is 0 Å². The zero-order valence-electron chi connectivity index (χ0n) is 8.25. The summed E-state index contributed by atoms with van der Waals surface area (Å²) in [5.41, 5.74) is 5.96. The average Bonchev–Trinajstić information content (AvgIpc) is 2.09. The van der Waals surface area contributed by atoms with E-state index in [2.05, 4.69) is 13.8 Å². The van der Waals surface area contributed by atoms with Gasteiger partial charge in [0, 0.05) is 6.04 Å². The monoisotopic (exact) mass is 171 g/mol. The fourth-order valence-corrected chi connectivity index (χ4v) is 1.69. The molecule has 0 aliphatic heterocycles. The van der Waals surface area contributed by atoms with Crippen LogP contribution in [0.1, 0.15) is 46.0 Å². The third kappa shape index (κ3) is 2.76. The molecule has 1 rings (SSSR count). The van der Waals surface area contributed by atoms with E-state index in [9.17, 15) is 0 Å². The van der Waals surface area contributed by atoms with E-state index in [1.807, 2.05) is 0 Å². The molecule has 1 fully saturated rings. The molecule has 72 valence electrons. The maximum Gasteiger partial charge on any atom is 0.0729 e. The van der Waals surface area contributed by atoms with E-state index in [0.717, 1.165) is 19.3 Å². The van der Waals surface area contributed by atoms with E-state index >= 15 is 0 Å². The molecule has 0 amide bonds. The summed E-state index contributed by atoms with van der Waals surface area (Å²) in [5, 5.41) is 0. The summed E-state index contributed by atoms with van der Waals surface area (Å²) in [6.07, 6.45) is 6.65. The first kappa shape index (κ1) is 10.0. The van der Waals surface area contributed by atoms with Crippen molar-refractivity contribution in [2.75, 3.05) is 0 Å². The standard InChI is InChI=1S/C10H21NO/c1-3-8(2)12-10-7-5-4-6-9(10)11/h8-10H,3-7,11H2,1-2H3. The minimum atomic E-state index is 0.285. The van der Waals surface area contributed by atoms with Crippen LogP contribution < -0.4 is 5.73 Å². The van der Waals surface area contributed by atoms with Crippen LogP contribution in [0.25, 0.3) is 0 Å². The summed E-state index contributed by atoms with van der Waals surface area (Å²) >= 11 is 0. The zero-order valence-corrected chi connectivity index (χ0v) is 8.25. The third-order valence-corrected chi connectivity index (χ3v) is 2.74. The molecule has 2 heteroatoms. The molecule has 0 saturated heterocycles. The molecule has 0 radical (unpaired) electrons. The van der Waals surface area contributed by atoms with E-state index in [4.69, 9.17) is 10.5 Å². The Morgan fingerprint density at radius 1 is 1.42 bits per heavy atom. The van der Waals surface area contributed by atoms with Crippen LogP contribution >= 0.6 is 0 Å². The van der Waals surface area contributed by atoms with E-state index in [0.29, 0.717) is 12.2 Å². The summed E-state index contributed by atoms with van der Waals surface area (Å²) in [6, 6.07) is 0.285. The van der Waals surface area contributed by atoms with Crippen molar-refractivity contribution >= 4 is 0 Å². The Labute approximate surface area is 75.5 Å². The summed E-state index contributed by atoms with van der Waals surface area (Å²) in [4.78, 5) is 0. The van der Waals surface area contributed by atoms with Crippen molar-refractivity contribution in [2.24, 2.45) is 5.73 Å². The van der Waals surface area contributed by atoms with Crippen LogP contribution in [-0.4, -0.2) is 18.2 Å². The van der Waals surface area contributed by atoms with Gasteiger partial charge in [-0.3, -0.25) is 0 Å². The highest BCUT2D eigenvalue weighted by molar-refractivity contribution is 4.79. The quantitative estimate of drug-likeness (QED) is 0.705. The molecule has 0 spiro atoms. The lowest BCUT2D eigenvalue weighted by atomic mass is 9.93. The fourth-order valence-electron chi connectivity index (χ4n) is 1.69. The van der Waals surface area contributed by atoms with Crippen molar-refractivity contribution in [1.29, 1.82) is 0 Å². The molecule has 3 unspecified atom stereocenters.